The highest BCUT2D eigenvalue weighted by Gasteiger charge is 2.16. The van der Waals surface area contributed by atoms with Gasteiger partial charge in [-0.3, -0.25) is 0 Å². The Labute approximate surface area is 237 Å². The third-order valence-electron chi connectivity index (χ3n) is 8.75. The molecule has 0 radical (unpaired) electrons. The molecule has 0 saturated heterocycles. The van der Waals surface area contributed by atoms with Crippen molar-refractivity contribution in [1.82, 2.24) is 0 Å². The van der Waals surface area contributed by atoms with Crippen LogP contribution in [-0.4, -0.2) is 0 Å². The molecule has 0 bridgehead atoms. The Morgan fingerprint density at radius 2 is 1.35 bits per heavy atom. The van der Waals surface area contributed by atoms with Crippen LogP contribution in [0.15, 0.2) is 108 Å². The van der Waals surface area contributed by atoms with Crippen molar-refractivity contribution in [2.45, 2.75) is 39.0 Å². The minimum Gasteiger partial charge on any atom is -0.456 e. The summed E-state index contributed by atoms with van der Waals surface area (Å²) in [6.07, 6.45) is 0.990. The van der Waals surface area contributed by atoms with E-state index in [1.165, 1.54) is 69.2 Å². The van der Waals surface area contributed by atoms with Gasteiger partial charge < -0.3 is 4.42 Å². The van der Waals surface area contributed by atoms with E-state index < -0.39 is 0 Å². The van der Waals surface area contributed by atoms with Crippen LogP contribution in [0.25, 0.3) is 63.7 Å². The van der Waals surface area contributed by atoms with Gasteiger partial charge in [0, 0.05) is 30.9 Å². The Balaban J connectivity index is 1.24. The summed E-state index contributed by atoms with van der Waals surface area (Å²) < 4.78 is 9.01. The molecule has 8 rings (SSSR count). The lowest BCUT2D eigenvalue weighted by atomic mass is 9.89. The molecule has 6 aromatic carbocycles. The number of fused-ring (bicyclic) bond motifs is 10. The highest BCUT2D eigenvalue weighted by Crippen LogP contribution is 2.41. The van der Waals surface area contributed by atoms with Crippen LogP contribution in [0.5, 0.6) is 0 Å². The number of thiophene rings is 1. The smallest absolute Gasteiger partial charge is 0.136 e. The van der Waals surface area contributed by atoms with Gasteiger partial charge >= 0.3 is 0 Å². The monoisotopic (exact) mass is 534 g/mol. The maximum atomic E-state index is 6.26. The van der Waals surface area contributed by atoms with Crippen molar-refractivity contribution in [3.8, 4) is 0 Å². The molecular weight excluding hydrogens is 504 g/mol. The van der Waals surface area contributed by atoms with E-state index in [2.05, 4.69) is 124 Å². The molecule has 0 aliphatic heterocycles. The van der Waals surface area contributed by atoms with Crippen LogP contribution in [0, 0.1) is 0 Å². The summed E-state index contributed by atoms with van der Waals surface area (Å²) in [4.78, 5) is 0. The fraction of sp³-hybridized carbons (Fsp3) is 0.158. The minimum absolute atomic E-state index is 0.373. The standard InChI is InChI=1S/C38H30OS/c1-22(2)25-13-17-35-32(20-25)38-30-10-6-8-27(28(30)14-18-36(38)40-35)19-23(3)26-12-15-33-31(21-26)37-29-9-5-4-7-24(29)11-16-34(37)39-33/h4-18,20-23H,19H2,1-3H3. The Kier molecular flexibility index (Phi) is 5.30. The zero-order valence-corrected chi connectivity index (χ0v) is 23.8. The minimum atomic E-state index is 0.373. The van der Waals surface area contributed by atoms with Gasteiger partial charge in [-0.1, -0.05) is 87.5 Å². The summed E-state index contributed by atoms with van der Waals surface area (Å²) in [6.45, 7) is 6.91. The topological polar surface area (TPSA) is 13.1 Å². The van der Waals surface area contributed by atoms with Crippen molar-refractivity contribution in [1.29, 1.82) is 0 Å². The van der Waals surface area contributed by atoms with Crippen molar-refractivity contribution < 1.29 is 4.42 Å². The maximum absolute atomic E-state index is 6.26. The Morgan fingerprint density at radius 1 is 0.575 bits per heavy atom. The van der Waals surface area contributed by atoms with E-state index in [-0.39, 0.29) is 0 Å². The molecule has 0 saturated carbocycles. The zero-order valence-electron chi connectivity index (χ0n) is 23.0. The van der Waals surface area contributed by atoms with Crippen LogP contribution in [-0.2, 0) is 6.42 Å². The van der Waals surface area contributed by atoms with Gasteiger partial charge in [0.15, 0.2) is 0 Å². The molecule has 40 heavy (non-hydrogen) atoms. The van der Waals surface area contributed by atoms with Crippen molar-refractivity contribution in [3.63, 3.8) is 0 Å². The molecule has 0 aliphatic rings. The molecule has 2 aromatic heterocycles. The van der Waals surface area contributed by atoms with E-state index in [1.807, 2.05) is 11.3 Å². The molecule has 0 fully saturated rings. The average Bonchev–Trinajstić information content (AvgIpc) is 3.55. The van der Waals surface area contributed by atoms with Crippen molar-refractivity contribution in [3.05, 3.63) is 120 Å². The van der Waals surface area contributed by atoms with Gasteiger partial charge in [0.05, 0.1) is 0 Å². The normalized spacial score (nSPS) is 13.1. The largest absolute Gasteiger partial charge is 0.456 e. The van der Waals surface area contributed by atoms with E-state index >= 15 is 0 Å². The fourth-order valence-electron chi connectivity index (χ4n) is 6.57. The first-order valence-electron chi connectivity index (χ1n) is 14.3. The molecule has 0 aliphatic carbocycles. The van der Waals surface area contributed by atoms with E-state index in [4.69, 9.17) is 4.42 Å². The summed E-state index contributed by atoms with van der Waals surface area (Å²) in [7, 11) is 0. The number of benzene rings is 6. The van der Waals surface area contributed by atoms with Crippen LogP contribution in [0.1, 0.15) is 49.3 Å². The van der Waals surface area contributed by atoms with Gasteiger partial charge in [-0.25, -0.2) is 0 Å². The average molecular weight is 535 g/mol. The summed E-state index contributed by atoms with van der Waals surface area (Å²) in [5.41, 5.74) is 6.08. The molecule has 1 atom stereocenters. The van der Waals surface area contributed by atoms with Crippen LogP contribution in [0.4, 0.5) is 0 Å². The van der Waals surface area contributed by atoms with Crippen molar-refractivity contribution in [2.75, 3.05) is 0 Å². The predicted octanol–water partition coefficient (Wildman–Crippen LogP) is 11.7. The first-order chi connectivity index (χ1) is 19.5. The first kappa shape index (κ1) is 23.7. The van der Waals surface area contributed by atoms with Crippen LogP contribution in [0.2, 0.25) is 0 Å². The molecular formula is C38H30OS. The molecule has 1 unspecified atom stereocenters. The third-order valence-corrected chi connectivity index (χ3v) is 9.89. The lowest BCUT2D eigenvalue weighted by Gasteiger charge is -2.15. The lowest BCUT2D eigenvalue weighted by Crippen LogP contribution is -1.99. The molecule has 0 spiro atoms. The molecule has 8 aromatic rings. The Hall–Kier alpha value is -4.14. The van der Waals surface area contributed by atoms with Crippen LogP contribution in [0.3, 0.4) is 0 Å². The lowest BCUT2D eigenvalue weighted by molar-refractivity contribution is 0.668. The predicted molar refractivity (Wildman–Crippen MR) is 174 cm³/mol. The molecule has 194 valence electrons. The molecule has 1 nitrogen and oxygen atoms in total. The molecule has 2 heterocycles. The SMILES string of the molecule is CC(C)c1ccc2sc3ccc4c(CC(C)c5ccc6oc7ccc8ccccc8c7c6c5)cccc4c3c2c1. The first-order valence-corrected chi connectivity index (χ1v) is 15.1. The van der Waals surface area contributed by atoms with Crippen LogP contribution < -0.4 is 0 Å². The fourth-order valence-corrected chi connectivity index (χ4v) is 7.67. The number of furan rings is 1. The summed E-state index contributed by atoms with van der Waals surface area (Å²) >= 11 is 1.91. The highest BCUT2D eigenvalue weighted by atomic mass is 32.1. The molecule has 0 amide bonds. The van der Waals surface area contributed by atoms with Gasteiger partial charge in [-0.05, 0) is 92.9 Å². The van der Waals surface area contributed by atoms with Gasteiger partial charge in [-0.2, -0.15) is 0 Å². The van der Waals surface area contributed by atoms with Crippen molar-refractivity contribution >= 4 is 75.0 Å². The van der Waals surface area contributed by atoms with Crippen molar-refractivity contribution in [2.24, 2.45) is 0 Å². The second-order valence-electron chi connectivity index (χ2n) is 11.6. The van der Waals surface area contributed by atoms with Gasteiger partial charge in [0.1, 0.15) is 11.2 Å². The second kappa shape index (κ2) is 8.94. The van der Waals surface area contributed by atoms with Gasteiger partial charge in [-0.15, -0.1) is 11.3 Å². The maximum Gasteiger partial charge on any atom is 0.136 e. The van der Waals surface area contributed by atoms with Gasteiger partial charge in [0.2, 0.25) is 0 Å². The van der Waals surface area contributed by atoms with E-state index in [0.29, 0.717) is 11.8 Å². The molecule has 2 heteroatoms. The highest BCUT2D eigenvalue weighted by molar-refractivity contribution is 7.26. The second-order valence-corrected chi connectivity index (χ2v) is 12.7. The third kappa shape index (κ3) is 3.59. The summed E-state index contributed by atoms with van der Waals surface area (Å²) in [5.74, 6) is 0.894. The number of hydrogen-bond donors (Lipinski definition) is 0. The summed E-state index contributed by atoms with van der Waals surface area (Å²) in [6, 6.07) is 38.2. The Bertz CT molecular complexity index is 2240. The van der Waals surface area contributed by atoms with E-state index in [1.54, 1.807) is 0 Å². The quantitative estimate of drug-likeness (QED) is 0.219. The van der Waals surface area contributed by atoms with E-state index in [0.717, 1.165) is 17.6 Å². The van der Waals surface area contributed by atoms with Crippen LogP contribution >= 0.6 is 11.3 Å². The summed E-state index contributed by atoms with van der Waals surface area (Å²) in [5, 5.41) is 10.5. The number of hydrogen-bond acceptors (Lipinski definition) is 2. The Morgan fingerprint density at radius 3 is 2.25 bits per heavy atom. The van der Waals surface area contributed by atoms with Gasteiger partial charge in [0.25, 0.3) is 0 Å². The molecule has 0 N–H and O–H groups in total. The van der Waals surface area contributed by atoms with E-state index in [9.17, 15) is 0 Å². The zero-order chi connectivity index (χ0) is 27.0. The number of rotatable bonds is 4.